The molecule has 5 heteroatoms. The summed E-state index contributed by atoms with van der Waals surface area (Å²) in [6, 6.07) is 0. The van der Waals surface area contributed by atoms with Gasteiger partial charge in [-0.05, 0) is 12.8 Å². The Balaban J connectivity index is 0. The van der Waals surface area contributed by atoms with Gasteiger partial charge in [0.15, 0.2) is 0 Å². The van der Waals surface area contributed by atoms with E-state index in [1.165, 1.54) is 57.8 Å². The van der Waals surface area contributed by atoms with Crippen molar-refractivity contribution in [3.05, 3.63) is 0 Å². The predicted octanol–water partition coefficient (Wildman–Crippen LogP) is 4.92. The Hall–Kier alpha value is 1.17. The second-order valence-corrected chi connectivity index (χ2v) is 8.09. The van der Waals surface area contributed by atoms with Gasteiger partial charge in [-0.25, -0.2) is 0 Å². The second kappa shape index (κ2) is 19.5. The number of unbranched alkanes of at least 4 members (excludes halogenated alkanes) is 12. The minimum absolute atomic E-state index is 0. The zero-order valence-electron chi connectivity index (χ0n) is 14.9. The number of hydrogen-bond acceptors (Lipinski definition) is 3. The van der Waals surface area contributed by atoms with Crippen LogP contribution in [0.15, 0.2) is 0 Å². The fraction of sp³-hybridized carbons (Fsp3) is 1.00. The fourth-order valence-corrected chi connectivity index (χ4v) is 3.59. The van der Waals surface area contributed by atoms with Gasteiger partial charge in [0.1, 0.15) is 0 Å². The van der Waals surface area contributed by atoms with Gasteiger partial charge in [-0.15, -0.1) is 0 Å². The van der Waals surface area contributed by atoms with Crippen molar-refractivity contribution in [3.8, 4) is 0 Å². The van der Waals surface area contributed by atoms with Gasteiger partial charge in [-0.2, -0.15) is 8.42 Å². The van der Waals surface area contributed by atoms with Crippen LogP contribution >= 0.6 is 0 Å². The van der Waals surface area contributed by atoms with E-state index in [-0.39, 0.29) is 43.5 Å². The van der Waals surface area contributed by atoms with Crippen molar-refractivity contribution < 1.29 is 12.6 Å². The van der Waals surface area contributed by atoms with Crippen molar-refractivity contribution in [2.45, 2.75) is 104 Å². The van der Waals surface area contributed by atoms with Crippen molar-refractivity contribution >= 4 is 47.9 Å². The molecule has 138 valence electrons. The molecule has 3 nitrogen and oxygen atoms in total. The minimum atomic E-state index is -3.28. The van der Waals surface area contributed by atoms with Crippen LogP contribution in [0.4, 0.5) is 0 Å². The average Bonchev–Trinajstić information content (AvgIpc) is 2.49. The molecule has 0 saturated carbocycles. The van der Waals surface area contributed by atoms with Crippen LogP contribution in [0.25, 0.3) is 0 Å². The molecular formula is C18H40CaO3S. The maximum absolute atomic E-state index is 11.7. The Labute approximate surface area is 175 Å². The van der Waals surface area contributed by atoms with Gasteiger partial charge in [-0.1, -0.05) is 90.9 Å². The molecule has 0 amide bonds. The molecule has 0 aliphatic rings. The van der Waals surface area contributed by atoms with E-state index in [1.807, 2.05) is 0 Å². The van der Waals surface area contributed by atoms with Gasteiger partial charge in [0.25, 0.3) is 10.1 Å². The first kappa shape index (κ1) is 26.4. The molecule has 0 fully saturated rings. The summed E-state index contributed by atoms with van der Waals surface area (Å²) in [6.07, 6.45) is 16.2. The molecule has 0 heterocycles. The Morgan fingerprint density at radius 3 is 1.48 bits per heavy atom. The molecule has 0 unspecified atom stereocenters. The average molecular weight is 377 g/mol. The molecule has 0 saturated heterocycles. The normalized spacial score (nSPS) is 11.4. The van der Waals surface area contributed by atoms with Crippen molar-refractivity contribution in [3.63, 3.8) is 0 Å². The molecule has 0 aromatic heterocycles. The van der Waals surface area contributed by atoms with Crippen LogP contribution in [0.3, 0.4) is 0 Å². The van der Waals surface area contributed by atoms with Crippen LogP contribution in [-0.2, 0) is 14.3 Å². The standard InChI is InChI=1S/C18H38O3S.Ca.2H/c1-3-5-7-9-11-13-15-17-21-22(19,20)18-16-14-12-10-8-6-4-2;;;/h3-18H2,1-2H3;;;. The summed E-state index contributed by atoms with van der Waals surface area (Å²) in [4.78, 5) is 0. The van der Waals surface area contributed by atoms with Crippen molar-refractivity contribution in [1.82, 2.24) is 0 Å². The van der Waals surface area contributed by atoms with Gasteiger partial charge in [-0.3, -0.25) is 4.18 Å². The zero-order valence-corrected chi connectivity index (χ0v) is 15.8. The maximum atomic E-state index is 11.7. The van der Waals surface area contributed by atoms with Gasteiger partial charge in [0.2, 0.25) is 0 Å². The van der Waals surface area contributed by atoms with E-state index >= 15 is 0 Å². The molecule has 0 aliphatic heterocycles. The first-order valence-electron chi connectivity index (χ1n) is 9.49. The van der Waals surface area contributed by atoms with Crippen molar-refractivity contribution in [2.24, 2.45) is 0 Å². The van der Waals surface area contributed by atoms with Gasteiger partial charge in [0.05, 0.1) is 12.4 Å². The Morgan fingerprint density at radius 2 is 1.00 bits per heavy atom. The molecule has 0 aromatic rings. The van der Waals surface area contributed by atoms with Crippen LogP contribution in [-0.4, -0.2) is 58.5 Å². The summed E-state index contributed by atoms with van der Waals surface area (Å²) in [7, 11) is -3.28. The Bertz CT molecular complexity index is 318. The Kier molecular flexibility index (Phi) is 22.4. The van der Waals surface area contributed by atoms with Gasteiger partial charge >= 0.3 is 37.7 Å². The summed E-state index contributed by atoms with van der Waals surface area (Å²) >= 11 is 0. The van der Waals surface area contributed by atoms with Gasteiger partial charge < -0.3 is 0 Å². The molecule has 0 spiro atoms. The van der Waals surface area contributed by atoms with E-state index in [4.69, 9.17) is 4.18 Å². The predicted molar refractivity (Wildman–Crippen MR) is 104 cm³/mol. The summed E-state index contributed by atoms with van der Waals surface area (Å²) in [5.41, 5.74) is 0. The molecule has 0 radical (unpaired) electrons. The second-order valence-electron chi connectivity index (χ2n) is 6.33. The topological polar surface area (TPSA) is 43.4 Å². The SMILES string of the molecule is CCCCCCCCCOS(=O)(=O)CCCCCCCCC.[CaH2]. The van der Waals surface area contributed by atoms with Crippen LogP contribution in [0.5, 0.6) is 0 Å². The zero-order chi connectivity index (χ0) is 16.5. The molecule has 0 atom stereocenters. The van der Waals surface area contributed by atoms with E-state index in [0.717, 1.165) is 32.1 Å². The summed E-state index contributed by atoms with van der Waals surface area (Å²) < 4.78 is 28.5. The van der Waals surface area contributed by atoms with Crippen LogP contribution in [0.1, 0.15) is 104 Å². The molecule has 23 heavy (non-hydrogen) atoms. The summed E-state index contributed by atoms with van der Waals surface area (Å²) in [6.45, 7) is 4.78. The van der Waals surface area contributed by atoms with E-state index < -0.39 is 10.1 Å². The third-order valence-corrected chi connectivity index (χ3v) is 5.32. The molecule has 0 N–H and O–H groups in total. The first-order chi connectivity index (χ1) is 10.6. The number of rotatable bonds is 17. The molecular weight excluding hydrogens is 336 g/mol. The van der Waals surface area contributed by atoms with Crippen molar-refractivity contribution in [1.29, 1.82) is 0 Å². The van der Waals surface area contributed by atoms with Crippen molar-refractivity contribution in [2.75, 3.05) is 12.4 Å². The van der Waals surface area contributed by atoms with E-state index in [2.05, 4.69) is 13.8 Å². The molecule has 0 rings (SSSR count). The van der Waals surface area contributed by atoms with Crippen LogP contribution in [0.2, 0.25) is 0 Å². The fourth-order valence-electron chi connectivity index (χ4n) is 2.54. The molecule has 0 aromatic carbocycles. The Morgan fingerprint density at radius 1 is 0.609 bits per heavy atom. The molecule has 0 aliphatic carbocycles. The van der Waals surface area contributed by atoms with E-state index in [1.54, 1.807) is 0 Å². The molecule has 0 bridgehead atoms. The third-order valence-electron chi connectivity index (χ3n) is 4.01. The quantitative estimate of drug-likeness (QED) is 0.206. The van der Waals surface area contributed by atoms with Gasteiger partial charge in [0, 0.05) is 0 Å². The monoisotopic (exact) mass is 376 g/mol. The van der Waals surface area contributed by atoms with E-state index in [0.29, 0.717) is 6.61 Å². The van der Waals surface area contributed by atoms with Crippen LogP contribution < -0.4 is 0 Å². The third kappa shape index (κ3) is 21.1. The number of hydrogen-bond donors (Lipinski definition) is 0. The summed E-state index contributed by atoms with van der Waals surface area (Å²) in [5.74, 6) is 0.192. The van der Waals surface area contributed by atoms with E-state index in [9.17, 15) is 8.42 Å². The van der Waals surface area contributed by atoms with Crippen LogP contribution in [0, 0.1) is 0 Å². The summed E-state index contributed by atoms with van der Waals surface area (Å²) in [5, 5.41) is 0. The first-order valence-corrected chi connectivity index (χ1v) is 11.1.